The van der Waals surface area contributed by atoms with Gasteiger partial charge in [0.15, 0.2) is 0 Å². The number of amides is 1. The zero-order chi connectivity index (χ0) is 15.8. The molecule has 1 amide bonds. The highest BCUT2D eigenvalue weighted by molar-refractivity contribution is 7.99. The largest absolute Gasteiger partial charge is 0.342 e. The lowest BCUT2D eigenvalue weighted by atomic mass is 9.93. The van der Waals surface area contributed by atoms with Gasteiger partial charge in [-0.2, -0.15) is 0 Å². The highest BCUT2D eigenvalue weighted by Crippen LogP contribution is 2.24. The first-order valence-corrected chi connectivity index (χ1v) is 9.30. The maximum absolute atomic E-state index is 12.5. The number of hydrogen-bond acceptors (Lipinski definition) is 3. The van der Waals surface area contributed by atoms with Gasteiger partial charge in [0.25, 0.3) is 0 Å². The summed E-state index contributed by atoms with van der Waals surface area (Å²) in [4.78, 5) is 15.9. The van der Waals surface area contributed by atoms with Crippen molar-refractivity contribution in [2.45, 2.75) is 31.1 Å². The van der Waals surface area contributed by atoms with Gasteiger partial charge in [-0.1, -0.05) is 25.1 Å². The van der Waals surface area contributed by atoms with E-state index >= 15 is 0 Å². The van der Waals surface area contributed by atoms with E-state index in [1.54, 1.807) is 11.8 Å². The topological polar surface area (TPSA) is 32.3 Å². The summed E-state index contributed by atoms with van der Waals surface area (Å²) in [5.41, 5.74) is 0. The molecular weight excluding hydrogens is 292 g/mol. The van der Waals surface area contributed by atoms with Crippen molar-refractivity contribution in [1.29, 1.82) is 0 Å². The van der Waals surface area contributed by atoms with Gasteiger partial charge in [0.1, 0.15) is 0 Å². The van der Waals surface area contributed by atoms with E-state index in [0.29, 0.717) is 5.91 Å². The molecule has 1 aliphatic heterocycles. The van der Waals surface area contributed by atoms with Crippen LogP contribution in [0.4, 0.5) is 0 Å². The van der Waals surface area contributed by atoms with Crippen molar-refractivity contribution >= 4 is 17.7 Å². The van der Waals surface area contributed by atoms with Crippen molar-refractivity contribution in [2.75, 3.05) is 32.4 Å². The van der Waals surface area contributed by atoms with Gasteiger partial charge in [-0.05, 0) is 50.9 Å². The summed E-state index contributed by atoms with van der Waals surface area (Å²) in [5, 5.41) is 3.22. The van der Waals surface area contributed by atoms with Crippen molar-refractivity contribution in [3.63, 3.8) is 0 Å². The first kappa shape index (κ1) is 17.4. The Hall–Kier alpha value is -1.00. The van der Waals surface area contributed by atoms with Crippen LogP contribution in [0.3, 0.4) is 0 Å². The molecule has 1 aliphatic rings. The average Bonchev–Trinajstić information content (AvgIpc) is 2.58. The molecule has 0 spiro atoms. The quantitative estimate of drug-likeness (QED) is 0.783. The molecule has 0 aliphatic carbocycles. The number of piperidine rings is 1. The Labute approximate surface area is 138 Å². The standard InChI is InChI=1S/C18H28N2OS/c1-15(14-22-17-6-4-3-5-7-17)18(21)20-12-9-16(10-13-20)8-11-19-2/h3-7,15-16,19H,8-14H2,1-2H3. The van der Waals surface area contributed by atoms with Crippen LogP contribution in [0.25, 0.3) is 0 Å². The number of carbonyl (C=O) groups is 1. The Morgan fingerprint density at radius 3 is 2.64 bits per heavy atom. The minimum atomic E-state index is 0.0964. The molecule has 0 saturated carbocycles. The third kappa shape index (κ3) is 5.33. The van der Waals surface area contributed by atoms with Gasteiger partial charge in [0, 0.05) is 29.7 Å². The summed E-state index contributed by atoms with van der Waals surface area (Å²) < 4.78 is 0. The summed E-state index contributed by atoms with van der Waals surface area (Å²) in [6, 6.07) is 10.3. The normalized spacial score (nSPS) is 17.5. The lowest BCUT2D eigenvalue weighted by Gasteiger charge is -2.33. The number of benzene rings is 1. The van der Waals surface area contributed by atoms with Crippen LogP contribution < -0.4 is 5.32 Å². The molecular formula is C18H28N2OS. The molecule has 0 bridgehead atoms. The number of hydrogen-bond donors (Lipinski definition) is 1. The molecule has 3 nitrogen and oxygen atoms in total. The van der Waals surface area contributed by atoms with Gasteiger partial charge < -0.3 is 10.2 Å². The van der Waals surface area contributed by atoms with E-state index in [9.17, 15) is 4.79 Å². The van der Waals surface area contributed by atoms with Gasteiger partial charge in [-0.25, -0.2) is 0 Å². The second kappa shape index (κ2) is 9.21. The van der Waals surface area contributed by atoms with Gasteiger partial charge >= 0.3 is 0 Å². The van der Waals surface area contributed by atoms with E-state index < -0.39 is 0 Å². The highest BCUT2D eigenvalue weighted by atomic mass is 32.2. The van der Waals surface area contributed by atoms with E-state index in [-0.39, 0.29) is 5.92 Å². The number of carbonyl (C=O) groups excluding carboxylic acids is 1. The molecule has 2 rings (SSSR count). The fourth-order valence-corrected chi connectivity index (χ4v) is 3.85. The van der Waals surface area contributed by atoms with E-state index in [1.807, 2.05) is 25.2 Å². The van der Waals surface area contributed by atoms with Crippen molar-refractivity contribution in [3.05, 3.63) is 30.3 Å². The Kier molecular flexibility index (Phi) is 7.26. The van der Waals surface area contributed by atoms with Crippen molar-refractivity contribution < 1.29 is 4.79 Å². The first-order valence-electron chi connectivity index (χ1n) is 8.32. The van der Waals surface area contributed by atoms with Gasteiger partial charge in [0.05, 0.1) is 0 Å². The van der Waals surface area contributed by atoms with Crippen LogP contribution >= 0.6 is 11.8 Å². The molecule has 1 aromatic rings. The number of nitrogens with one attached hydrogen (secondary N) is 1. The van der Waals surface area contributed by atoms with Crippen LogP contribution in [0, 0.1) is 11.8 Å². The monoisotopic (exact) mass is 320 g/mol. The SMILES string of the molecule is CNCCC1CCN(C(=O)C(C)CSc2ccccc2)CC1. The van der Waals surface area contributed by atoms with Crippen molar-refractivity contribution in [3.8, 4) is 0 Å². The molecule has 1 aromatic carbocycles. The van der Waals surface area contributed by atoms with E-state index in [1.165, 1.54) is 11.3 Å². The molecule has 122 valence electrons. The van der Waals surface area contributed by atoms with E-state index in [4.69, 9.17) is 0 Å². The van der Waals surface area contributed by atoms with Crippen LogP contribution in [0.2, 0.25) is 0 Å². The van der Waals surface area contributed by atoms with Crippen LogP contribution in [-0.4, -0.2) is 43.2 Å². The summed E-state index contributed by atoms with van der Waals surface area (Å²) >= 11 is 1.78. The second-order valence-corrected chi connectivity index (χ2v) is 7.28. The first-order chi connectivity index (χ1) is 10.7. The Morgan fingerprint density at radius 2 is 2.00 bits per heavy atom. The molecule has 1 fully saturated rings. The number of likely N-dealkylation sites (tertiary alicyclic amines) is 1. The zero-order valence-corrected chi connectivity index (χ0v) is 14.6. The molecule has 4 heteroatoms. The zero-order valence-electron chi connectivity index (χ0n) is 13.8. The molecule has 22 heavy (non-hydrogen) atoms. The second-order valence-electron chi connectivity index (χ2n) is 6.19. The minimum absolute atomic E-state index is 0.0964. The van der Waals surface area contributed by atoms with Gasteiger partial charge in [0.2, 0.25) is 5.91 Å². The van der Waals surface area contributed by atoms with Gasteiger partial charge in [-0.3, -0.25) is 4.79 Å². The Bertz CT molecular complexity index is 444. The smallest absolute Gasteiger partial charge is 0.226 e. The number of rotatable bonds is 7. The summed E-state index contributed by atoms with van der Waals surface area (Å²) in [6.07, 6.45) is 3.55. The predicted octanol–water partition coefficient (Wildman–Crippen LogP) is 3.26. The van der Waals surface area contributed by atoms with Crippen LogP contribution in [0.5, 0.6) is 0 Å². The highest BCUT2D eigenvalue weighted by Gasteiger charge is 2.25. The van der Waals surface area contributed by atoms with E-state index in [2.05, 4.69) is 29.3 Å². The Balaban J connectivity index is 1.72. The molecule has 1 heterocycles. The molecule has 0 radical (unpaired) electrons. The lowest BCUT2D eigenvalue weighted by Crippen LogP contribution is -2.42. The summed E-state index contributed by atoms with van der Waals surface area (Å²) in [5.74, 6) is 2.07. The molecule has 1 unspecified atom stereocenters. The molecule has 1 atom stereocenters. The third-order valence-corrected chi connectivity index (χ3v) is 5.67. The third-order valence-electron chi connectivity index (χ3n) is 4.39. The maximum Gasteiger partial charge on any atom is 0.226 e. The number of nitrogens with zero attached hydrogens (tertiary/aromatic N) is 1. The van der Waals surface area contributed by atoms with Gasteiger partial charge in [-0.15, -0.1) is 11.8 Å². The molecule has 1 N–H and O–H groups in total. The van der Waals surface area contributed by atoms with Crippen molar-refractivity contribution in [2.24, 2.45) is 11.8 Å². The van der Waals surface area contributed by atoms with Crippen molar-refractivity contribution in [1.82, 2.24) is 10.2 Å². The Morgan fingerprint density at radius 1 is 1.32 bits per heavy atom. The van der Waals surface area contributed by atoms with Crippen LogP contribution in [0.15, 0.2) is 35.2 Å². The summed E-state index contributed by atoms with van der Waals surface area (Å²) in [7, 11) is 2.00. The maximum atomic E-state index is 12.5. The fraction of sp³-hybridized carbons (Fsp3) is 0.611. The van der Waals surface area contributed by atoms with Crippen LogP contribution in [0.1, 0.15) is 26.2 Å². The molecule has 1 saturated heterocycles. The predicted molar refractivity (Wildman–Crippen MR) is 94.2 cm³/mol. The van der Waals surface area contributed by atoms with Crippen LogP contribution in [-0.2, 0) is 4.79 Å². The average molecular weight is 321 g/mol. The minimum Gasteiger partial charge on any atom is -0.342 e. The molecule has 0 aromatic heterocycles. The van der Waals surface area contributed by atoms with E-state index in [0.717, 1.165) is 44.1 Å². The lowest BCUT2D eigenvalue weighted by molar-refractivity contribution is -0.135. The number of thioether (sulfide) groups is 1. The fourth-order valence-electron chi connectivity index (χ4n) is 2.91. The summed E-state index contributed by atoms with van der Waals surface area (Å²) in [6.45, 7) is 5.02.